The second-order valence-electron chi connectivity index (χ2n) is 3.45. The molecule has 1 aromatic carbocycles. The van der Waals surface area contributed by atoms with Crippen LogP contribution in [-0.4, -0.2) is 23.1 Å². The van der Waals surface area contributed by atoms with Gasteiger partial charge in [0.25, 0.3) is 0 Å². The Hall–Kier alpha value is 0.466. The van der Waals surface area contributed by atoms with Crippen molar-refractivity contribution in [3.8, 4) is 0 Å². The van der Waals surface area contributed by atoms with E-state index >= 15 is 0 Å². The van der Waals surface area contributed by atoms with Gasteiger partial charge < -0.3 is 17.0 Å². The van der Waals surface area contributed by atoms with E-state index < -0.39 is 0 Å². The van der Waals surface area contributed by atoms with Crippen LogP contribution in [-0.2, 0) is 0 Å². The van der Waals surface area contributed by atoms with Gasteiger partial charge in [-0.2, -0.15) is 34.9 Å². The summed E-state index contributed by atoms with van der Waals surface area (Å²) in [4.78, 5) is 0. The van der Waals surface area contributed by atoms with Gasteiger partial charge in [0.15, 0.2) is 0 Å². The molecular weight excluding hydrogens is 236 g/mol. The molecule has 0 unspecified atom stereocenters. The molecule has 0 N–H and O–H groups in total. The summed E-state index contributed by atoms with van der Waals surface area (Å²) in [7, 11) is 0. The summed E-state index contributed by atoms with van der Waals surface area (Å²) >= 11 is 0. The van der Waals surface area contributed by atoms with Crippen LogP contribution in [0.15, 0.2) is 12.1 Å². The molecule has 13 heavy (non-hydrogen) atoms. The third-order valence-electron chi connectivity index (χ3n) is 1.79. The predicted molar refractivity (Wildman–Crippen MR) is 54.6 cm³/mol. The first kappa shape index (κ1) is 15.9. The van der Waals surface area contributed by atoms with Gasteiger partial charge in [-0.3, -0.25) is 0 Å². The van der Waals surface area contributed by atoms with E-state index in [0.717, 1.165) is 0 Å². The number of halogens is 1. The van der Waals surface area contributed by atoms with Crippen molar-refractivity contribution < 1.29 is 17.0 Å². The maximum atomic E-state index is 3.35. The minimum absolute atomic E-state index is 0. The molecule has 0 nitrogen and oxygen atoms in total. The Bertz CT molecular complexity index is 236. The molecule has 0 atom stereocenters. The van der Waals surface area contributed by atoms with Gasteiger partial charge >= 0.3 is 23.1 Å². The van der Waals surface area contributed by atoms with E-state index in [1.807, 2.05) is 0 Å². The SMILES string of the molecule is Cc1[c-]c(C(C)C)cc(C)c1.[Br-].[Mg+2]. The van der Waals surface area contributed by atoms with E-state index in [4.69, 9.17) is 0 Å². The molecule has 0 saturated carbocycles. The average Bonchev–Trinajstić information content (AvgIpc) is 1.85. The molecule has 2 heteroatoms. The first-order valence-corrected chi connectivity index (χ1v) is 4.10. The molecule has 0 fully saturated rings. The van der Waals surface area contributed by atoms with Crippen LogP contribution in [0, 0.1) is 19.9 Å². The number of hydrogen-bond donors (Lipinski definition) is 0. The summed E-state index contributed by atoms with van der Waals surface area (Å²) in [5.41, 5.74) is 3.90. The van der Waals surface area contributed by atoms with Crippen molar-refractivity contribution in [2.24, 2.45) is 0 Å². The summed E-state index contributed by atoms with van der Waals surface area (Å²) in [6.07, 6.45) is 0. The van der Waals surface area contributed by atoms with Crippen molar-refractivity contribution in [3.05, 3.63) is 34.9 Å². The van der Waals surface area contributed by atoms with E-state index in [9.17, 15) is 0 Å². The quantitative estimate of drug-likeness (QED) is 0.481. The Balaban J connectivity index is 0. The van der Waals surface area contributed by atoms with Crippen LogP contribution in [0.4, 0.5) is 0 Å². The zero-order chi connectivity index (χ0) is 8.43. The van der Waals surface area contributed by atoms with Crippen molar-refractivity contribution in [1.82, 2.24) is 0 Å². The zero-order valence-electron chi connectivity index (χ0n) is 8.82. The molecule has 0 heterocycles. The molecule has 1 rings (SSSR count). The molecule has 0 saturated heterocycles. The molecule has 0 aromatic heterocycles. The maximum Gasteiger partial charge on any atom is 2.00 e. The third-order valence-corrected chi connectivity index (χ3v) is 1.79. The Labute approximate surface area is 108 Å². The molecule has 1 aromatic rings. The Morgan fingerprint density at radius 2 is 1.69 bits per heavy atom. The Morgan fingerprint density at radius 3 is 2.08 bits per heavy atom. The molecule has 0 aliphatic carbocycles. The van der Waals surface area contributed by atoms with Gasteiger partial charge in [-0.1, -0.05) is 27.7 Å². The second kappa shape index (κ2) is 6.85. The van der Waals surface area contributed by atoms with Crippen molar-refractivity contribution in [2.45, 2.75) is 33.6 Å². The van der Waals surface area contributed by atoms with E-state index in [0.29, 0.717) is 5.92 Å². The van der Waals surface area contributed by atoms with Crippen LogP contribution in [0.3, 0.4) is 0 Å². The first-order valence-electron chi connectivity index (χ1n) is 4.10. The Kier molecular flexibility index (Phi) is 8.39. The van der Waals surface area contributed by atoms with Gasteiger partial charge in [0.05, 0.1) is 0 Å². The molecular formula is C11H15BrMg. The molecule has 0 amide bonds. The van der Waals surface area contributed by atoms with Crippen LogP contribution >= 0.6 is 0 Å². The number of benzene rings is 1. The molecule has 0 bridgehead atoms. The van der Waals surface area contributed by atoms with Crippen molar-refractivity contribution in [1.29, 1.82) is 0 Å². The van der Waals surface area contributed by atoms with E-state index in [1.54, 1.807) is 0 Å². The molecule has 0 spiro atoms. The summed E-state index contributed by atoms with van der Waals surface area (Å²) in [5.74, 6) is 0.591. The smallest absolute Gasteiger partial charge is 1.00 e. The average molecular weight is 251 g/mol. The van der Waals surface area contributed by atoms with Crippen LogP contribution in [0.25, 0.3) is 0 Å². The van der Waals surface area contributed by atoms with Crippen LogP contribution in [0.2, 0.25) is 0 Å². The van der Waals surface area contributed by atoms with Crippen molar-refractivity contribution in [3.63, 3.8) is 0 Å². The normalized spacial score (nSPS) is 9.00. The largest absolute Gasteiger partial charge is 2.00 e. The van der Waals surface area contributed by atoms with E-state index in [1.165, 1.54) is 16.7 Å². The van der Waals surface area contributed by atoms with Crippen molar-refractivity contribution in [2.75, 3.05) is 0 Å². The molecule has 0 radical (unpaired) electrons. The van der Waals surface area contributed by atoms with Gasteiger partial charge in [-0.25, -0.2) is 0 Å². The monoisotopic (exact) mass is 250 g/mol. The fourth-order valence-corrected chi connectivity index (χ4v) is 1.24. The summed E-state index contributed by atoms with van der Waals surface area (Å²) in [6, 6.07) is 7.71. The van der Waals surface area contributed by atoms with Gasteiger partial charge in [0, 0.05) is 0 Å². The molecule has 0 aliphatic heterocycles. The van der Waals surface area contributed by atoms with Crippen LogP contribution in [0.5, 0.6) is 0 Å². The zero-order valence-corrected chi connectivity index (χ0v) is 11.8. The predicted octanol–water partition coefficient (Wildman–Crippen LogP) is -0.150. The second-order valence-corrected chi connectivity index (χ2v) is 3.45. The first-order chi connectivity index (χ1) is 5.09. The summed E-state index contributed by atoms with van der Waals surface area (Å²) in [5, 5.41) is 0. The maximum absolute atomic E-state index is 3.35. The topological polar surface area (TPSA) is 0 Å². The minimum atomic E-state index is 0. The fraction of sp³-hybridized carbons (Fsp3) is 0.455. The van der Waals surface area contributed by atoms with Gasteiger partial charge in [-0.05, 0) is 5.92 Å². The van der Waals surface area contributed by atoms with Crippen LogP contribution in [0.1, 0.15) is 36.5 Å². The fourth-order valence-electron chi connectivity index (χ4n) is 1.24. The van der Waals surface area contributed by atoms with Crippen molar-refractivity contribution >= 4 is 23.1 Å². The number of aryl methyl sites for hydroxylation is 2. The number of hydrogen-bond acceptors (Lipinski definition) is 0. The van der Waals surface area contributed by atoms with E-state index in [2.05, 4.69) is 45.9 Å². The minimum Gasteiger partial charge on any atom is -1.00 e. The van der Waals surface area contributed by atoms with Gasteiger partial charge in [-0.15, -0.1) is 0 Å². The van der Waals surface area contributed by atoms with Gasteiger partial charge in [0.2, 0.25) is 0 Å². The third kappa shape index (κ3) is 5.04. The number of rotatable bonds is 1. The summed E-state index contributed by atoms with van der Waals surface area (Å²) < 4.78 is 0. The molecule has 68 valence electrons. The standard InChI is InChI=1S/C11H15.BrH.Mg/c1-8(2)11-6-9(3)5-10(4)7-11;;/h5-6,8H,1-4H3;1H;/q-1;;+2/p-1. The Morgan fingerprint density at radius 1 is 1.15 bits per heavy atom. The van der Waals surface area contributed by atoms with Gasteiger partial charge in [0.1, 0.15) is 0 Å². The summed E-state index contributed by atoms with van der Waals surface area (Å²) in [6.45, 7) is 8.63. The molecule has 0 aliphatic rings. The van der Waals surface area contributed by atoms with E-state index in [-0.39, 0.29) is 40.0 Å². The van der Waals surface area contributed by atoms with Crippen LogP contribution < -0.4 is 17.0 Å².